The van der Waals surface area contributed by atoms with E-state index >= 15 is 0 Å². The fourth-order valence-corrected chi connectivity index (χ4v) is 4.35. The van der Waals surface area contributed by atoms with E-state index in [0.717, 1.165) is 15.0 Å². The summed E-state index contributed by atoms with van der Waals surface area (Å²) in [7, 11) is 1.38. The predicted molar refractivity (Wildman–Crippen MR) is 108 cm³/mol. The number of nitrogens with one attached hydrogen (secondary N) is 1. The molecule has 0 radical (unpaired) electrons. The Kier molecular flexibility index (Phi) is 4.56. The number of aliphatic imine (C=N–C) groups is 1. The maximum atomic E-state index is 12.5. The number of rotatable bonds is 2. The fraction of sp³-hybridized carbons (Fsp3) is 0.150. The number of fused-ring (bicyclic) bond motifs is 1. The lowest BCUT2D eigenvalue weighted by atomic mass is 10.0. The molecule has 28 heavy (non-hydrogen) atoms. The van der Waals surface area contributed by atoms with E-state index in [1.54, 1.807) is 23.9 Å². The highest BCUT2D eigenvalue weighted by molar-refractivity contribution is 7.99. The van der Waals surface area contributed by atoms with Crippen LogP contribution in [0.3, 0.4) is 0 Å². The zero-order chi connectivity index (χ0) is 19.8. The zero-order valence-electron chi connectivity index (χ0n) is 14.9. The third-order valence-corrected chi connectivity index (χ3v) is 5.94. The lowest BCUT2D eigenvalue weighted by Gasteiger charge is -2.16. The van der Waals surface area contributed by atoms with Gasteiger partial charge in [0.2, 0.25) is 5.88 Å². The number of nitrogens with zero attached hydrogens (tertiary/aromatic N) is 2. The molecule has 0 aliphatic carbocycles. The molecule has 0 amide bonds. The molecule has 142 valence electrons. The number of hydrogen-bond acceptors (Lipinski definition) is 6. The summed E-state index contributed by atoms with van der Waals surface area (Å²) in [6.07, 6.45) is 0.360. The smallest absolute Gasteiger partial charge is 0.330 e. The third kappa shape index (κ3) is 3.22. The Balaban J connectivity index is 1.90. The average Bonchev–Trinajstić information content (AvgIpc) is 2.86. The number of aromatic amines is 1. The molecule has 1 aromatic heterocycles. The van der Waals surface area contributed by atoms with Crippen molar-refractivity contribution in [3.8, 4) is 11.6 Å². The number of aromatic hydroxyl groups is 2. The van der Waals surface area contributed by atoms with Gasteiger partial charge in [0.15, 0.2) is 0 Å². The van der Waals surface area contributed by atoms with Gasteiger partial charge in [-0.25, -0.2) is 4.79 Å². The van der Waals surface area contributed by atoms with Gasteiger partial charge in [0.05, 0.1) is 11.4 Å². The minimum absolute atomic E-state index is 0.0109. The first kappa shape index (κ1) is 18.1. The standard InChI is InChI=1S/C20H17N3O4S/c1-23-19(26)17(18(25)22-20(23)27)14-10-16(11-6-8-12(24)9-7-11)28-15-5-3-2-4-13(15)21-14/h2-9,16,24,26H,10H2,1H3,(H,22,25,27)/t16-/m1/s1. The van der Waals surface area contributed by atoms with Crippen molar-refractivity contribution in [1.82, 2.24) is 9.55 Å². The molecule has 3 aromatic rings. The van der Waals surface area contributed by atoms with Gasteiger partial charge in [0.1, 0.15) is 11.3 Å². The third-order valence-electron chi connectivity index (χ3n) is 4.62. The minimum atomic E-state index is -0.690. The SMILES string of the molecule is Cn1c(O)c(C2=Nc3ccccc3S[C@@H](c3ccc(O)cc3)C2)c(=O)[nH]c1=O. The van der Waals surface area contributed by atoms with Crippen LogP contribution in [0, 0.1) is 0 Å². The Hall–Kier alpha value is -3.26. The second kappa shape index (κ2) is 7.05. The Morgan fingerprint density at radius 3 is 2.57 bits per heavy atom. The molecule has 4 rings (SSSR count). The number of para-hydroxylation sites is 1. The molecule has 8 heteroatoms. The molecule has 2 aromatic carbocycles. The van der Waals surface area contributed by atoms with Crippen molar-refractivity contribution in [3.05, 3.63) is 80.5 Å². The summed E-state index contributed by atoms with van der Waals surface area (Å²) >= 11 is 1.60. The van der Waals surface area contributed by atoms with Crippen molar-refractivity contribution in [2.24, 2.45) is 12.0 Å². The summed E-state index contributed by atoms with van der Waals surface area (Å²) in [4.78, 5) is 32.0. The molecule has 2 heterocycles. The van der Waals surface area contributed by atoms with Crippen molar-refractivity contribution in [2.45, 2.75) is 16.6 Å². The number of phenolic OH excluding ortho intramolecular Hbond substituents is 1. The molecule has 1 aliphatic rings. The number of phenols is 1. The van der Waals surface area contributed by atoms with E-state index in [1.807, 2.05) is 36.4 Å². The highest BCUT2D eigenvalue weighted by Crippen LogP contribution is 2.45. The molecule has 0 saturated carbocycles. The molecule has 0 fully saturated rings. The molecule has 7 nitrogen and oxygen atoms in total. The van der Waals surface area contributed by atoms with Gasteiger partial charge in [-0.05, 0) is 29.8 Å². The monoisotopic (exact) mass is 395 g/mol. The zero-order valence-corrected chi connectivity index (χ0v) is 15.7. The molecule has 0 unspecified atom stereocenters. The molecular formula is C20H17N3O4S. The first-order chi connectivity index (χ1) is 13.4. The maximum Gasteiger partial charge on any atom is 0.330 e. The average molecular weight is 395 g/mol. The summed E-state index contributed by atoms with van der Waals surface area (Å²) < 4.78 is 0.985. The van der Waals surface area contributed by atoms with Crippen LogP contribution in [-0.2, 0) is 7.05 Å². The van der Waals surface area contributed by atoms with Crippen LogP contribution in [0.15, 0.2) is 68.0 Å². The number of hydrogen-bond donors (Lipinski definition) is 3. The van der Waals surface area contributed by atoms with Gasteiger partial charge in [-0.3, -0.25) is 19.3 Å². The van der Waals surface area contributed by atoms with Gasteiger partial charge in [-0.2, -0.15) is 0 Å². The van der Waals surface area contributed by atoms with Crippen LogP contribution in [-0.4, -0.2) is 25.5 Å². The van der Waals surface area contributed by atoms with Crippen molar-refractivity contribution in [3.63, 3.8) is 0 Å². The van der Waals surface area contributed by atoms with Crippen molar-refractivity contribution in [1.29, 1.82) is 0 Å². The Labute approximate surface area is 164 Å². The first-order valence-corrected chi connectivity index (χ1v) is 9.47. The van der Waals surface area contributed by atoms with Gasteiger partial charge in [-0.1, -0.05) is 24.3 Å². The fourth-order valence-electron chi connectivity index (χ4n) is 3.11. The molecule has 1 aliphatic heterocycles. The summed E-state index contributed by atoms with van der Waals surface area (Å²) in [6.45, 7) is 0. The van der Waals surface area contributed by atoms with Crippen molar-refractivity contribution in [2.75, 3.05) is 0 Å². The lowest BCUT2D eigenvalue weighted by Crippen LogP contribution is -2.32. The summed E-state index contributed by atoms with van der Waals surface area (Å²) in [5.41, 5.74) is 0.663. The van der Waals surface area contributed by atoms with Gasteiger partial charge in [0, 0.05) is 23.6 Å². The van der Waals surface area contributed by atoms with Crippen LogP contribution in [0.1, 0.15) is 22.8 Å². The van der Waals surface area contributed by atoms with E-state index in [-0.39, 0.29) is 16.6 Å². The molecule has 3 N–H and O–H groups in total. The van der Waals surface area contributed by atoms with Crippen LogP contribution in [0.2, 0.25) is 0 Å². The largest absolute Gasteiger partial charge is 0.508 e. The highest BCUT2D eigenvalue weighted by Gasteiger charge is 2.26. The predicted octanol–water partition coefficient (Wildman–Crippen LogP) is 2.84. The van der Waals surface area contributed by atoms with Crippen LogP contribution < -0.4 is 11.2 Å². The number of aromatic nitrogens is 2. The Morgan fingerprint density at radius 2 is 1.82 bits per heavy atom. The molecule has 0 saturated heterocycles. The minimum Gasteiger partial charge on any atom is -0.508 e. The van der Waals surface area contributed by atoms with Gasteiger partial charge in [0.25, 0.3) is 5.56 Å². The lowest BCUT2D eigenvalue weighted by molar-refractivity contribution is 0.416. The number of benzene rings is 2. The van der Waals surface area contributed by atoms with E-state index in [4.69, 9.17) is 0 Å². The quantitative estimate of drug-likeness (QED) is 0.618. The summed E-state index contributed by atoms with van der Waals surface area (Å²) in [5, 5.41) is 20.0. The first-order valence-electron chi connectivity index (χ1n) is 8.59. The van der Waals surface area contributed by atoms with E-state index in [1.165, 1.54) is 7.05 Å². The summed E-state index contributed by atoms with van der Waals surface area (Å²) in [5.74, 6) is -0.245. The van der Waals surface area contributed by atoms with E-state index < -0.39 is 17.1 Å². The molecule has 1 atom stereocenters. The molecule has 0 spiro atoms. The van der Waals surface area contributed by atoms with Crippen LogP contribution >= 0.6 is 11.8 Å². The van der Waals surface area contributed by atoms with E-state index in [0.29, 0.717) is 17.8 Å². The van der Waals surface area contributed by atoms with E-state index in [9.17, 15) is 19.8 Å². The maximum absolute atomic E-state index is 12.5. The normalized spacial score (nSPS) is 16.2. The molecular weight excluding hydrogens is 378 g/mol. The Morgan fingerprint density at radius 1 is 1.11 bits per heavy atom. The van der Waals surface area contributed by atoms with Crippen LogP contribution in [0.4, 0.5) is 5.69 Å². The van der Waals surface area contributed by atoms with Gasteiger partial charge >= 0.3 is 5.69 Å². The summed E-state index contributed by atoms with van der Waals surface area (Å²) in [6, 6.07) is 14.4. The second-order valence-electron chi connectivity index (χ2n) is 6.45. The van der Waals surface area contributed by atoms with Crippen molar-refractivity contribution >= 4 is 23.2 Å². The van der Waals surface area contributed by atoms with Gasteiger partial charge in [-0.15, -0.1) is 11.8 Å². The number of H-pyrrole nitrogens is 1. The topological polar surface area (TPSA) is 108 Å². The van der Waals surface area contributed by atoms with Crippen LogP contribution in [0.25, 0.3) is 0 Å². The second-order valence-corrected chi connectivity index (χ2v) is 7.69. The number of thioether (sulfide) groups is 1. The molecule has 0 bridgehead atoms. The van der Waals surface area contributed by atoms with E-state index in [2.05, 4.69) is 9.98 Å². The van der Waals surface area contributed by atoms with Crippen molar-refractivity contribution < 1.29 is 10.2 Å². The van der Waals surface area contributed by atoms with Gasteiger partial charge < -0.3 is 10.2 Å². The Bertz CT molecular complexity index is 1200. The van der Waals surface area contributed by atoms with Crippen LogP contribution in [0.5, 0.6) is 11.6 Å². The highest BCUT2D eigenvalue weighted by atomic mass is 32.2.